The Kier molecular flexibility index (Phi) is 4.84. The van der Waals surface area contributed by atoms with Gasteiger partial charge in [0.05, 0.1) is 4.53 Å². The highest BCUT2D eigenvalue weighted by Gasteiger charge is 2.15. The first-order valence-electron chi connectivity index (χ1n) is 9.89. The number of thiazole rings is 1. The molecule has 0 saturated heterocycles. The molecule has 5 nitrogen and oxygen atoms in total. The molecule has 0 aliphatic carbocycles. The van der Waals surface area contributed by atoms with Crippen molar-refractivity contribution in [2.24, 2.45) is 0 Å². The molecule has 0 N–H and O–H groups in total. The molecule has 0 aliphatic heterocycles. The van der Waals surface area contributed by atoms with Crippen molar-refractivity contribution in [2.45, 2.75) is 13.8 Å². The van der Waals surface area contributed by atoms with Gasteiger partial charge in [0.2, 0.25) is 4.96 Å². The maximum Gasteiger partial charge on any atom is 0.276 e. The normalized spacial score (nSPS) is 11.9. The van der Waals surface area contributed by atoms with Gasteiger partial charge in [-0.3, -0.25) is 4.79 Å². The van der Waals surface area contributed by atoms with Crippen LogP contribution in [0.1, 0.15) is 16.7 Å². The SMILES string of the molecule is Cc1ccc(Oc2ccccc2/C=c2/sc3nnc(-c4ccccc4C)n3c2=O)cc1. The Labute approximate surface area is 182 Å². The summed E-state index contributed by atoms with van der Waals surface area (Å²) >= 11 is 1.32. The first-order valence-corrected chi connectivity index (χ1v) is 10.7. The van der Waals surface area contributed by atoms with Gasteiger partial charge in [0.1, 0.15) is 11.5 Å². The number of rotatable bonds is 4. The zero-order chi connectivity index (χ0) is 21.4. The summed E-state index contributed by atoms with van der Waals surface area (Å²) in [6, 6.07) is 23.4. The van der Waals surface area contributed by atoms with Gasteiger partial charge in [0.15, 0.2) is 5.82 Å². The highest BCUT2D eigenvalue weighted by molar-refractivity contribution is 7.15. The molecule has 0 atom stereocenters. The van der Waals surface area contributed by atoms with E-state index in [-0.39, 0.29) is 5.56 Å². The van der Waals surface area contributed by atoms with Crippen LogP contribution in [-0.2, 0) is 0 Å². The molecule has 152 valence electrons. The number of fused-ring (bicyclic) bond motifs is 1. The Hall–Kier alpha value is -3.77. The molecule has 0 aliphatic rings. The average molecular weight is 426 g/mol. The van der Waals surface area contributed by atoms with Crippen molar-refractivity contribution in [2.75, 3.05) is 0 Å². The van der Waals surface area contributed by atoms with Crippen molar-refractivity contribution in [1.29, 1.82) is 0 Å². The first kappa shape index (κ1) is 19.2. The summed E-state index contributed by atoms with van der Waals surface area (Å²) in [5, 5.41) is 8.50. The van der Waals surface area contributed by atoms with Crippen molar-refractivity contribution in [3.63, 3.8) is 0 Å². The van der Waals surface area contributed by atoms with E-state index < -0.39 is 0 Å². The lowest BCUT2D eigenvalue weighted by Crippen LogP contribution is -2.23. The van der Waals surface area contributed by atoms with Crippen LogP contribution in [0.5, 0.6) is 11.5 Å². The van der Waals surface area contributed by atoms with E-state index in [0.29, 0.717) is 21.1 Å². The van der Waals surface area contributed by atoms with Crippen molar-refractivity contribution >= 4 is 22.4 Å². The van der Waals surface area contributed by atoms with Gasteiger partial charge in [0.25, 0.3) is 5.56 Å². The lowest BCUT2D eigenvalue weighted by Gasteiger charge is -2.08. The van der Waals surface area contributed by atoms with Crippen molar-refractivity contribution in [1.82, 2.24) is 14.6 Å². The van der Waals surface area contributed by atoms with Gasteiger partial charge < -0.3 is 4.74 Å². The molecular formula is C25H19N3O2S. The predicted octanol–water partition coefficient (Wildman–Crippen LogP) is 4.77. The second kappa shape index (κ2) is 7.81. The number of aryl methyl sites for hydroxylation is 2. The summed E-state index contributed by atoms with van der Waals surface area (Å²) in [6.07, 6.45) is 1.85. The minimum Gasteiger partial charge on any atom is -0.457 e. The lowest BCUT2D eigenvalue weighted by molar-refractivity contribution is 0.481. The van der Waals surface area contributed by atoms with Gasteiger partial charge in [-0.15, -0.1) is 10.2 Å². The van der Waals surface area contributed by atoms with Gasteiger partial charge in [-0.05, 0) is 43.7 Å². The van der Waals surface area contributed by atoms with Crippen molar-refractivity contribution in [3.8, 4) is 22.9 Å². The lowest BCUT2D eigenvalue weighted by atomic mass is 10.1. The standard InChI is InChI=1S/C25H19N3O2S/c1-16-11-13-19(14-12-16)30-21-10-6-4-8-18(21)15-22-24(29)28-23(26-27-25(28)31-22)20-9-5-3-7-17(20)2/h3-15H,1-2H3/b22-15+. The van der Waals surface area contributed by atoms with E-state index in [1.807, 2.05) is 92.7 Å². The van der Waals surface area contributed by atoms with Crippen LogP contribution in [0.2, 0.25) is 0 Å². The van der Waals surface area contributed by atoms with Crippen LogP contribution in [0.15, 0.2) is 77.6 Å². The Morgan fingerprint density at radius 1 is 0.903 bits per heavy atom. The molecule has 5 rings (SSSR count). The number of hydrogen-bond acceptors (Lipinski definition) is 5. The predicted molar refractivity (Wildman–Crippen MR) is 124 cm³/mol. The van der Waals surface area contributed by atoms with E-state index in [2.05, 4.69) is 10.2 Å². The second-order valence-corrected chi connectivity index (χ2v) is 8.33. The summed E-state index contributed by atoms with van der Waals surface area (Å²) in [7, 11) is 0. The number of ether oxygens (including phenoxy) is 1. The Morgan fingerprint density at radius 3 is 2.45 bits per heavy atom. The smallest absolute Gasteiger partial charge is 0.276 e. The van der Waals surface area contributed by atoms with E-state index in [9.17, 15) is 4.79 Å². The quantitative estimate of drug-likeness (QED) is 0.416. The maximum absolute atomic E-state index is 13.2. The molecule has 0 unspecified atom stereocenters. The van der Waals surface area contributed by atoms with Gasteiger partial charge in [-0.2, -0.15) is 0 Å². The van der Waals surface area contributed by atoms with Crippen molar-refractivity contribution in [3.05, 3.63) is 104 Å². The average Bonchev–Trinajstić information content (AvgIpc) is 3.32. The van der Waals surface area contributed by atoms with Crippen LogP contribution >= 0.6 is 11.3 Å². The molecule has 0 spiro atoms. The fourth-order valence-electron chi connectivity index (χ4n) is 3.43. The fourth-order valence-corrected chi connectivity index (χ4v) is 4.33. The largest absolute Gasteiger partial charge is 0.457 e. The van der Waals surface area contributed by atoms with E-state index in [0.717, 1.165) is 22.4 Å². The molecule has 6 heteroatoms. The second-order valence-electron chi connectivity index (χ2n) is 7.33. The Bertz CT molecular complexity index is 1500. The number of aromatic nitrogens is 3. The van der Waals surface area contributed by atoms with Crippen LogP contribution < -0.4 is 14.8 Å². The highest BCUT2D eigenvalue weighted by Crippen LogP contribution is 2.26. The molecule has 0 radical (unpaired) electrons. The molecule has 0 amide bonds. The number of benzene rings is 3. The van der Waals surface area contributed by atoms with Gasteiger partial charge in [-0.1, -0.05) is 71.5 Å². The summed E-state index contributed by atoms with van der Waals surface area (Å²) < 4.78 is 8.25. The molecule has 3 aromatic carbocycles. The molecule has 2 aromatic heterocycles. The monoisotopic (exact) mass is 425 g/mol. The van der Waals surface area contributed by atoms with E-state index in [4.69, 9.17) is 4.74 Å². The summed E-state index contributed by atoms with van der Waals surface area (Å²) in [5.74, 6) is 2.01. The molecule has 0 bridgehead atoms. The molecule has 0 fully saturated rings. The van der Waals surface area contributed by atoms with Gasteiger partial charge in [0, 0.05) is 11.1 Å². The highest BCUT2D eigenvalue weighted by atomic mass is 32.1. The van der Waals surface area contributed by atoms with E-state index in [1.165, 1.54) is 16.9 Å². The van der Waals surface area contributed by atoms with Crippen LogP contribution in [0.3, 0.4) is 0 Å². The zero-order valence-electron chi connectivity index (χ0n) is 17.1. The van der Waals surface area contributed by atoms with E-state index in [1.54, 1.807) is 4.40 Å². The van der Waals surface area contributed by atoms with Gasteiger partial charge >= 0.3 is 0 Å². The minimum atomic E-state index is -0.131. The third kappa shape index (κ3) is 3.62. The van der Waals surface area contributed by atoms with E-state index >= 15 is 0 Å². The Morgan fingerprint density at radius 2 is 1.65 bits per heavy atom. The number of hydrogen-bond donors (Lipinski definition) is 0. The van der Waals surface area contributed by atoms with Crippen LogP contribution in [0, 0.1) is 13.8 Å². The fraction of sp³-hybridized carbons (Fsp3) is 0.0800. The molecule has 2 heterocycles. The van der Waals surface area contributed by atoms with Crippen LogP contribution in [0.4, 0.5) is 0 Å². The topological polar surface area (TPSA) is 56.5 Å². The molecular weight excluding hydrogens is 406 g/mol. The zero-order valence-corrected chi connectivity index (χ0v) is 17.9. The molecule has 31 heavy (non-hydrogen) atoms. The van der Waals surface area contributed by atoms with Crippen LogP contribution in [-0.4, -0.2) is 14.6 Å². The van der Waals surface area contributed by atoms with Crippen molar-refractivity contribution < 1.29 is 4.74 Å². The minimum absolute atomic E-state index is 0.131. The number of para-hydroxylation sites is 1. The first-order chi connectivity index (χ1) is 15.1. The number of nitrogens with zero attached hydrogens (tertiary/aromatic N) is 3. The van der Waals surface area contributed by atoms with Crippen LogP contribution in [0.25, 0.3) is 22.4 Å². The molecule has 5 aromatic rings. The summed E-state index contributed by atoms with van der Waals surface area (Å²) in [5.41, 5.74) is 3.82. The summed E-state index contributed by atoms with van der Waals surface area (Å²) in [6.45, 7) is 4.04. The Balaban J connectivity index is 1.60. The third-order valence-electron chi connectivity index (χ3n) is 5.09. The summed E-state index contributed by atoms with van der Waals surface area (Å²) in [4.78, 5) is 13.8. The van der Waals surface area contributed by atoms with Gasteiger partial charge in [-0.25, -0.2) is 4.40 Å². The maximum atomic E-state index is 13.2. The molecule has 0 saturated carbocycles. The third-order valence-corrected chi connectivity index (χ3v) is 6.05.